The van der Waals surface area contributed by atoms with E-state index in [9.17, 15) is 26.7 Å². The van der Waals surface area contributed by atoms with Crippen LogP contribution < -0.4 is 4.74 Å². The molecule has 0 amide bonds. The summed E-state index contributed by atoms with van der Waals surface area (Å²) in [5.74, 6) is -2.83. The molecule has 106 valence electrons. The normalized spacial score (nSPS) is 11.7. The van der Waals surface area contributed by atoms with Crippen molar-refractivity contribution in [1.29, 1.82) is 0 Å². The highest BCUT2D eigenvalue weighted by atomic mass is 79.9. The monoisotopic (exact) mass is 349 g/mol. The maximum atomic E-state index is 12.8. The lowest BCUT2D eigenvalue weighted by atomic mass is 10.1. The second-order valence-electron chi connectivity index (χ2n) is 3.16. The van der Waals surface area contributed by atoms with Crippen LogP contribution in [0.1, 0.15) is 27.9 Å². The van der Waals surface area contributed by atoms with Gasteiger partial charge < -0.3 is 9.84 Å². The average Bonchev–Trinajstić information content (AvgIpc) is 2.25. The number of aromatic nitrogens is 1. The number of rotatable bonds is 4. The Morgan fingerprint density at radius 2 is 2.05 bits per heavy atom. The molecule has 0 aliphatic carbocycles. The summed E-state index contributed by atoms with van der Waals surface area (Å²) >= 11 is 2.70. The summed E-state index contributed by atoms with van der Waals surface area (Å²) < 4.78 is 65.3. The molecule has 10 heteroatoms. The molecule has 0 aliphatic rings. The number of carboxylic acids is 1. The fraction of sp³-hybridized carbons (Fsp3) is 0.333. The van der Waals surface area contributed by atoms with E-state index in [1.807, 2.05) is 0 Å². The highest BCUT2D eigenvalue weighted by Gasteiger charge is 2.35. The van der Waals surface area contributed by atoms with Gasteiger partial charge in [-0.2, -0.15) is 0 Å². The SMILES string of the molecule is O=C(O)c1cnc(OC(F)(F)F)c(CBr)c1C(F)F. The molecule has 0 radical (unpaired) electrons. The largest absolute Gasteiger partial charge is 0.574 e. The van der Waals surface area contributed by atoms with Crippen LogP contribution in [0, 0.1) is 0 Å². The van der Waals surface area contributed by atoms with Gasteiger partial charge in [0.2, 0.25) is 5.88 Å². The Hall–Kier alpha value is -1.45. The third kappa shape index (κ3) is 3.75. The van der Waals surface area contributed by atoms with E-state index in [1.165, 1.54) is 0 Å². The fourth-order valence-electron chi connectivity index (χ4n) is 1.29. The van der Waals surface area contributed by atoms with Crippen molar-refractivity contribution in [2.75, 3.05) is 0 Å². The molecule has 1 rings (SSSR count). The second-order valence-corrected chi connectivity index (χ2v) is 3.72. The first-order chi connectivity index (χ1) is 8.67. The average molecular weight is 350 g/mol. The summed E-state index contributed by atoms with van der Waals surface area (Å²) in [4.78, 5) is 13.9. The maximum Gasteiger partial charge on any atom is 0.574 e. The number of pyridine rings is 1. The lowest BCUT2D eigenvalue weighted by molar-refractivity contribution is -0.276. The molecule has 0 bridgehead atoms. The molecule has 0 spiro atoms. The first-order valence-corrected chi connectivity index (χ1v) is 5.64. The molecule has 1 aromatic rings. The van der Waals surface area contributed by atoms with Gasteiger partial charge in [-0.1, -0.05) is 15.9 Å². The molecule has 0 saturated heterocycles. The molecule has 0 aromatic carbocycles. The van der Waals surface area contributed by atoms with Gasteiger partial charge in [-0.25, -0.2) is 18.6 Å². The minimum Gasteiger partial charge on any atom is -0.478 e. The number of nitrogens with zero attached hydrogens (tertiary/aromatic N) is 1. The number of aromatic carboxylic acids is 1. The van der Waals surface area contributed by atoms with Crippen molar-refractivity contribution < 1.29 is 36.6 Å². The van der Waals surface area contributed by atoms with E-state index in [0.717, 1.165) is 0 Å². The topological polar surface area (TPSA) is 59.4 Å². The van der Waals surface area contributed by atoms with Gasteiger partial charge in [0.15, 0.2) is 0 Å². The lowest BCUT2D eigenvalue weighted by Crippen LogP contribution is -2.20. The van der Waals surface area contributed by atoms with Crippen molar-refractivity contribution in [2.45, 2.75) is 18.1 Å². The number of hydrogen-bond acceptors (Lipinski definition) is 3. The Balaban J connectivity index is 3.45. The Kier molecular flexibility index (Phi) is 4.66. The molecule has 0 unspecified atom stereocenters. The van der Waals surface area contributed by atoms with Crippen molar-refractivity contribution in [3.63, 3.8) is 0 Å². The number of halogens is 6. The fourth-order valence-corrected chi connectivity index (χ4v) is 1.84. The predicted octanol–water partition coefficient (Wildman–Crippen LogP) is 3.51. The predicted molar refractivity (Wildman–Crippen MR) is 55.5 cm³/mol. The van der Waals surface area contributed by atoms with Crippen molar-refractivity contribution >= 4 is 21.9 Å². The van der Waals surface area contributed by atoms with Crippen molar-refractivity contribution in [3.8, 4) is 5.88 Å². The Bertz CT molecular complexity index is 491. The number of alkyl halides is 6. The Labute approximate surface area is 111 Å². The van der Waals surface area contributed by atoms with Crippen molar-refractivity contribution in [1.82, 2.24) is 4.98 Å². The minimum atomic E-state index is -5.12. The van der Waals surface area contributed by atoms with Gasteiger partial charge in [0, 0.05) is 22.7 Å². The zero-order chi connectivity index (χ0) is 14.8. The zero-order valence-electron chi connectivity index (χ0n) is 8.84. The van der Waals surface area contributed by atoms with E-state index in [1.54, 1.807) is 0 Å². The van der Waals surface area contributed by atoms with E-state index in [0.29, 0.717) is 6.20 Å². The van der Waals surface area contributed by atoms with Crippen LogP contribution in [-0.4, -0.2) is 22.4 Å². The Morgan fingerprint density at radius 3 is 2.42 bits per heavy atom. The molecule has 0 aliphatic heterocycles. The van der Waals surface area contributed by atoms with Crippen LogP contribution in [0.2, 0.25) is 0 Å². The summed E-state index contributed by atoms with van der Waals surface area (Å²) in [7, 11) is 0. The summed E-state index contributed by atoms with van der Waals surface area (Å²) in [6.07, 6.45) is -8.00. The standard InChI is InChI=1S/C9H5BrF5NO3/c10-1-3-5(6(11)12)4(8(17)18)2-16-7(3)19-9(13,14)15/h2,6H,1H2,(H,17,18). The van der Waals surface area contributed by atoms with Gasteiger partial charge in [0.05, 0.1) is 5.56 Å². The van der Waals surface area contributed by atoms with Crippen LogP contribution in [0.15, 0.2) is 6.20 Å². The molecule has 1 aromatic heterocycles. The van der Waals surface area contributed by atoms with Crippen LogP contribution in [0.4, 0.5) is 22.0 Å². The third-order valence-corrected chi connectivity index (χ3v) is 2.54. The number of carboxylic acid groups (broad SMARTS) is 1. The quantitative estimate of drug-likeness (QED) is 0.667. The first-order valence-electron chi connectivity index (χ1n) is 4.52. The molecule has 0 fully saturated rings. The summed E-state index contributed by atoms with van der Waals surface area (Å²) in [6.45, 7) is 0. The van der Waals surface area contributed by atoms with Gasteiger partial charge in [0.1, 0.15) is 0 Å². The highest BCUT2D eigenvalue weighted by Crippen LogP contribution is 2.35. The first kappa shape index (κ1) is 15.6. The maximum absolute atomic E-state index is 12.8. The summed E-state index contributed by atoms with van der Waals surface area (Å²) in [6, 6.07) is 0. The van der Waals surface area contributed by atoms with E-state index in [4.69, 9.17) is 5.11 Å². The molecule has 19 heavy (non-hydrogen) atoms. The second kappa shape index (κ2) is 5.68. The van der Waals surface area contributed by atoms with Gasteiger partial charge in [-0.05, 0) is 0 Å². The number of hydrogen-bond donors (Lipinski definition) is 1. The summed E-state index contributed by atoms with van der Waals surface area (Å²) in [5, 5.41) is 8.24. The van der Waals surface area contributed by atoms with Gasteiger partial charge in [-0.3, -0.25) is 0 Å². The summed E-state index contributed by atoms with van der Waals surface area (Å²) in [5.41, 5.74) is -2.59. The van der Waals surface area contributed by atoms with Gasteiger partial charge in [-0.15, -0.1) is 13.2 Å². The van der Waals surface area contributed by atoms with E-state index in [-0.39, 0.29) is 0 Å². The molecular formula is C9H5BrF5NO3. The molecule has 0 atom stereocenters. The molecule has 4 nitrogen and oxygen atoms in total. The van der Waals surface area contributed by atoms with Gasteiger partial charge >= 0.3 is 12.3 Å². The van der Waals surface area contributed by atoms with Crippen molar-refractivity contribution in [3.05, 3.63) is 22.9 Å². The molecular weight excluding hydrogens is 345 g/mol. The van der Waals surface area contributed by atoms with Crippen molar-refractivity contribution in [2.24, 2.45) is 0 Å². The molecule has 1 N–H and O–H groups in total. The lowest BCUT2D eigenvalue weighted by Gasteiger charge is -2.15. The smallest absolute Gasteiger partial charge is 0.478 e. The van der Waals surface area contributed by atoms with Crippen LogP contribution >= 0.6 is 15.9 Å². The van der Waals surface area contributed by atoms with E-state index in [2.05, 4.69) is 25.7 Å². The zero-order valence-corrected chi connectivity index (χ0v) is 10.4. The number of ether oxygens (including phenoxy) is 1. The highest BCUT2D eigenvalue weighted by molar-refractivity contribution is 9.08. The minimum absolute atomic E-state index is 0.400. The van der Waals surface area contributed by atoms with Crippen LogP contribution in [-0.2, 0) is 5.33 Å². The van der Waals surface area contributed by atoms with Crippen LogP contribution in [0.25, 0.3) is 0 Å². The van der Waals surface area contributed by atoms with Crippen LogP contribution in [0.5, 0.6) is 5.88 Å². The molecule has 1 heterocycles. The molecule has 0 saturated carbocycles. The van der Waals surface area contributed by atoms with Crippen LogP contribution in [0.3, 0.4) is 0 Å². The number of carbonyl (C=O) groups is 1. The Morgan fingerprint density at radius 1 is 1.47 bits per heavy atom. The van der Waals surface area contributed by atoms with E-state index >= 15 is 0 Å². The third-order valence-electron chi connectivity index (χ3n) is 1.98. The van der Waals surface area contributed by atoms with E-state index < -0.39 is 46.7 Å². The van der Waals surface area contributed by atoms with Gasteiger partial charge in [0.25, 0.3) is 6.43 Å².